The van der Waals surface area contributed by atoms with Gasteiger partial charge in [0.05, 0.1) is 11.4 Å². The Morgan fingerprint density at radius 3 is 2.74 bits per heavy atom. The van der Waals surface area contributed by atoms with E-state index in [1.807, 2.05) is 6.20 Å². The van der Waals surface area contributed by atoms with Gasteiger partial charge in [0.25, 0.3) is 0 Å². The second-order valence-electron chi connectivity index (χ2n) is 10.9. The molecule has 3 aromatic heterocycles. The van der Waals surface area contributed by atoms with E-state index in [0.717, 1.165) is 67.0 Å². The van der Waals surface area contributed by atoms with Crippen molar-refractivity contribution in [1.29, 1.82) is 0 Å². The van der Waals surface area contributed by atoms with Crippen molar-refractivity contribution in [1.82, 2.24) is 30.4 Å². The number of hydrogen-bond donors (Lipinski definition) is 3. The predicted molar refractivity (Wildman–Crippen MR) is 158 cm³/mol. The summed E-state index contributed by atoms with van der Waals surface area (Å²) < 4.78 is 0. The molecule has 1 fully saturated rings. The van der Waals surface area contributed by atoms with E-state index < -0.39 is 0 Å². The van der Waals surface area contributed by atoms with Crippen molar-refractivity contribution in [2.24, 2.45) is 0 Å². The number of aromatic amines is 2. The minimum absolute atomic E-state index is 0.747. The minimum atomic E-state index is 0.747. The zero-order valence-corrected chi connectivity index (χ0v) is 22.8. The Morgan fingerprint density at radius 1 is 1.03 bits per heavy atom. The standard InChI is InChI=1S/C32H38N6/c1-4-33-19-23-14-21(2)8-10-24(16-23)25-17-27-31(36-37-32(27)34-20-25)29-18-26-28(35-29)15-22(3)9-11-30(26)38-12-6-5-7-13-38/h9-11,14,16-18,20,33,35H,4-8,12-13,15,19H2,1-3H3,(H,34,36,37). The van der Waals surface area contributed by atoms with Crippen LogP contribution < -0.4 is 5.32 Å². The average Bonchev–Trinajstić information content (AvgIpc) is 3.43. The van der Waals surface area contributed by atoms with Gasteiger partial charge in [-0.25, -0.2) is 4.98 Å². The summed E-state index contributed by atoms with van der Waals surface area (Å²) in [4.78, 5) is 11.1. The van der Waals surface area contributed by atoms with E-state index in [0.29, 0.717) is 0 Å². The molecule has 0 radical (unpaired) electrons. The molecule has 1 aliphatic heterocycles. The van der Waals surface area contributed by atoms with E-state index >= 15 is 0 Å². The van der Waals surface area contributed by atoms with Crippen molar-refractivity contribution >= 4 is 22.3 Å². The van der Waals surface area contributed by atoms with E-state index in [9.17, 15) is 0 Å². The van der Waals surface area contributed by atoms with Crippen LogP contribution in [-0.2, 0) is 6.42 Å². The van der Waals surface area contributed by atoms with Crippen LogP contribution in [0.1, 0.15) is 63.3 Å². The lowest BCUT2D eigenvalue weighted by Gasteiger charge is -2.31. The number of hydrogen-bond acceptors (Lipinski definition) is 4. The molecule has 2 aliphatic carbocycles. The number of piperidine rings is 1. The number of nitrogens with zero attached hydrogens (tertiary/aromatic N) is 3. The highest BCUT2D eigenvalue weighted by Gasteiger charge is 2.23. The number of allylic oxidation sites excluding steroid dienone is 7. The monoisotopic (exact) mass is 506 g/mol. The highest BCUT2D eigenvalue weighted by Crippen LogP contribution is 2.35. The number of nitrogens with one attached hydrogen (secondary N) is 3. The molecule has 0 bridgehead atoms. The summed E-state index contributed by atoms with van der Waals surface area (Å²) in [6.45, 7) is 10.7. The van der Waals surface area contributed by atoms with Crippen molar-refractivity contribution in [3.63, 3.8) is 0 Å². The Labute approximate surface area is 225 Å². The number of pyridine rings is 1. The van der Waals surface area contributed by atoms with Gasteiger partial charge in [-0.05, 0) is 75.4 Å². The number of aromatic nitrogens is 4. The zero-order chi connectivity index (χ0) is 26.1. The first kappa shape index (κ1) is 24.7. The summed E-state index contributed by atoms with van der Waals surface area (Å²) in [6.07, 6.45) is 19.2. The van der Waals surface area contributed by atoms with Crippen LogP contribution in [0.25, 0.3) is 33.7 Å². The maximum Gasteiger partial charge on any atom is 0.181 e. The lowest BCUT2D eigenvalue weighted by atomic mass is 10.0. The smallest absolute Gasteiger partial charge is 0.181 e. The second-order valence-corrected chi connectivity index (χ2v) is 10.9. The molecule has 0 saturated carbocycles. The zero-order valence-electron chi connectivity index (χ0n) is 22.8. The average molecular weight is 507 g/mol. The fourth-order valence-corrected chi connectivity index (χ4v) is 5.84. The summed E-state index contributed by atoms with van der Waals surface area (Å²) in [5.74, 6) is 0. The highest BCUT2D eigenvalue weighted by atomic mass is 15.2. The quantitative estimate of drug-likeness (QED) is 0.354. The lowest BCUT2D eigenvalue weighted by molar-refractivity contribution is 0.326. The van der Waals surface area contributed by atoms with Gasteiger partial charge in [0.2, 0.25) is 0 Å². The summed E-state index contributed by atoms with van der Waals surface area (Å²) in [7, 11) is 0. The number of likely N-dealkylation sites (tertiary alicyclic amines) is 1. The molecule has 38 heavy (non-hydrogen) atoms. The van der Waals surface area contributed by atoms with E-state index in [4.69, 9.17) is 4.98 Å². The van der Waals surface area contributed by atoms with E-state index in [2.05, 4.69) is 88.7 Å². The van der Waals surface area contributed by atoms with Crippen molar-refractivity contribution in [3.05, 3.63) is 82.2 Å². The van der Waals surface area contributed by atoms with Crippen LogP contribution >= 0.6 is 0 Å². The Kier molecular flexibility index (Phi) is 6.90. The third-order valence-electron chi connectivity index (χ3n) is 7.86. The van der Waals surface area contributed by atoms with Gasteiger partial charge >= 0.3 is 0 Å². The molecule has 0 unspecified atom stereocenters. The van der Waals surface area contributed by atoms with E-state index in [1.165, 1.54) is 58.5 Å². The number of likely N-dealkylation sites (N-methyl/N-ethyl adjacent to an activating group) is 1. The maximum atomic E-state index is 4.75. The predicted octanol–water partition coefficient (Wildman–Crippen LogP) is 6.55. The molecule has 0 atom stereocenters. The highest BCUT2D eigenvalue weighted by molar-refractivity contribution is 5.93. The van der Waals surface area contributed by atoms with Crippen LogP contribution in [0, 0.1) is 0 Å². The third-order valence-corrected chi connectivity index (χ3v) is 7.86. The first-order valence-corrected chi connectivity index (χ1v) is 14.1. The van der Waals surface area contributed by atoms with Crippen LogP contribution in [0.4, 0.5) is 0 Å². The molecule has 1 saturated heterocycles. The molecular formula is C32H38N6. The lowest BCUT2D eigenvalue weighted by Crippen LogP contribution is -2.28. The molecule has 6 heteroatoms. The van der Waals surface area contributed by atoms with Crippen molar-refractivity contribution in [2.45, 2.75) is 52.9 Å². The fraction of sp³-hybridized carbons (Fsp3) is 0.375. The Bertz CT molecular complexity index is 1500. The molecule has 6 rings (SSSR count). The van der Waals surface area contributed by atoms with Gasteiger partial charge in [-0.3, -0.25) is 5.10 Å². The Balaban J connectivity index is 1.38. The normalized spacial score (nSPS) is 18.2. The van der Waals surface area contributed by atoms with E-state index in [1.54, 1.807) is 0 Å². The van der Waals surface area contributed by atoms with Gasteiger partial charge in [-0.2, -0.15) is 5.10 Å². The van der Waals surface area contributed by atoms with Crippen molar-refractivity contribution in [3.8, 4) is 11.4 Å². The molecular weight excluding hydrogens is 468 g/mol. The Hall–Kier alpha value is -3.64. The van der Waals surface area contributed by atoms with Crippen molar-refractivity contribution < 1.29 is 0 Å². The number of fused-ring (bicyclic) bond motifs is 2. The second kappa shape index (κ2) is 10.6. The first-order valence-electron chi connectivity index (χ1n) is 14.1. The van der Waals surface area contributed by atoms with Crippen LogP contribution in [-0.4, -0.2) is 51.2 Å². The maximum absolute atomic E-state index is 4.75. The fourth-order valence-electron chi connectivity index (χ4n) is 5.84. The van der Waals surface area contributed by atoms with Crippen LogP contribution in [0.3, 0.4) is 0 Å². The van der Waals surface area contributed by atoms with E-state index in [-0.39, 0.29) is 0 Å². The number of H-pyrrole nitrogens is 2. The van der Waals surface area contributed by atoms with Gasteiger partial charge in [0, 0.05) is 60.2 Å². The summed E-state index contributed by atoms with van der Waals surface area (Å²) in [6, 6.07) is 4.56. The Morgan fingerprint density at radius 2 is 1.89 bits per heavy atom. The number of rotatable bonds is 6. The molecule has 3 N–H and O–H groups in total. The van der Waals surface area contributed by atoms with Gasteiger partial charge in [0.1, 0.15) is 0 Å². The molecule has 4 heterocycles. The van der Waals surface area contributed by atoms with Crippen LogP contribution in [0.15, 0.2) is 65.4 Å². The van der Waals surface area contributed by atoms with Gasteiger partial charge in [-0.1, -0.05) is 42.4 Å². The van der Waals surface area contributed by atoms with Crippen LogP contribution in [0.2, 0.25) is 0 Å². The minimum Gasteiger partial charge on any atom is -0.371 e. The summed E-state index contributed by atoms with van der Waals surface area (Å²) in [5, 5.41) is 12.4. The molecule has 196 valence electrons. The largest absolute Gasteiger partial charge is 0.371 e. The van der Waals surface area contributed by atoms with Crippen molar-refractivity contribution in [2.75, 3.05) is 26.2 Å². The third kappa shape index (κ3) is 4.93. The molecule has 3 aromatic rings. The summed E-state index contributed by atoms with van der Waals surface area (Å²) >= 11 is 0. The van der Waals surface area contributed by atoms with Gasteiger partial charge < -0.3 is 15.2 Å². The SMILES string of the molecule is CCNCC1=CC(c2cnc3n[nH]c(-c4cc5c([nH]4)CC(C)=CC=C5N4CCCCC4)c3c2)=CCC(C)=C1. The van der Waals surface area contributed by atoms with Gasteiger partial charge in [-0.15, -0.1) is 0 Å². The van der Waals surface area contributed by atoms with Crippen LogP contribution in [0.5, 0.6) is 0 Å². The topological polar surface area (TPSA) is 72.6 Å². The van der Waals surface area contributed by atoms with Gasteiger partial charge in [0.15, 0.2) is 5.65 Å². The molecule has 6 nitrogen and oxygen atoms in total. The first-order chi connectivity index (χ1) is 18.6. The molecule has 0 amide bonds. The molecule has 0 aromatic carbocycles. The molecule has 0 spiro atoms. The summed E-state index contributed by atoms with van der Waals surface area (Å²) in [5.41, 5.74) is 13.1. The molecule has 3 aliphatic rings.